The molecule has 1 aliphatic heterocycles. The second-order valence-electron chi connectivity index (χ2n) is 7.49. The van der Waals surface area contributed by atoms with E-state index < -0.39 is 0 Å². The average Bonchev–Trinajstić information content (AvgIpc) is 3.01. The Hall–Kier alpha value is -1.30. The molecule has 0 aromatic heterocycles. The zero-order chi connectivity index (χ0) is 18.1. The molecule has 1 unspecified atom stereocenters. The number of methoxy groups -OCH3 is 1. The Bertz CT molecular complexity index is 449. The number of hydrogen-bond acceptors (Lipinski definition) is 3. The Balaban J connectivity index is 1.71. The zero-order valence-electron chi connectivity index (χ0n) is 16.3. The maximum atomic E-state index is 11.9. The number of likely N-dealkylation sites (tertiary alicyclic amines) is 1. The number of rotatable bonds is 10. The van der Waals surface area contributed by atoms with Crippen molar-refractivity contribution in [3.05, 3.63) is 0 Å². The average molecular weight is 353 g/mol. The van der Waals surface area contributed by atoms with E-state index in [2.05, 4.69) is 27.4 Å². The van der Waals surface area contributed by atoms with Gasteiger partial charge in [0.05, 0.1) is 0 Å². The van der Waals surface area contributed by atoms with Crippen molar-refractivity contribution in [1.29, 1.82) is 0 Å². The van der Waals surface area contributed by atoms with E-state index in [1.807, 2.05) is 7.05 Å². The summed E-state index contributed by atoms with van der Waals surface area (Å²) in [5, 5.41) is 6.91. The van der Waals surface area contributed by atoms with Crippen molar-refractivity contribution in [2.24, 2.45) is 10.4 Å². The first-order chi connectivity index (χ1) is 12.1. The fourth-order valence-electron chi connectivity index (χ4n) is 4.00. The Morgan fingerprint density at radius 1 is 1.36 bits per heavy atom. The molecule has 1 aliphatic carbocycles. The summed E-state index contributed by atoms with van der Waals surface area (Å²) < 4.78 is 5.26. The van der Waals surface area contributed by atoms with Crippen LogP contribution >= 0.6 is 0 Å². The molecule has 2 N–H and O–H groups in total. The van der Waals surface area contributed by atoms with Gasteiger partial charge in [0.25, 0.3) is 0 Å². The lowest BCUT2D eigenvalue weighted by atomic mass is 9.67. The van der Waals surface area contributed by atoms with Crippen LogP contribution in [0.15, 0.2) is 4.99 Å². The predicted octanol–water partition coefficient (Wildman–Crippen LogP) is 2.15. The van der Waals surface area contributed by atoms with E-state index in [-0.39, 0.29) is 0 Å². The normalized spacial score (nSPS) is 21.2. The minimum Gasteiger partial charge on any atom is -0.385 e. The van der Waals surface area contributed by atoms with Crippen LogP contribution in [0.3, 0.4) is 0 Å². The highest BCUT2D eigenvalue weighted by molar-refractivity contribution is 5.80. The summed E-state index contributed by atoms with van der Waals surface area (Å²) in [6.07, 6.45) is 8.69. The summed E-state index contributed by atoms with van der Waals surface area (Å²) in [6, 6.07) is 0.347. The highest BCUT2D eigenvalue weighted by Gasteiger charge is 2.36. The van der Waals surface area contributed by atoms with Crippen LogP contribution in [0, 0.1) is 5.41 Å². The molecule has 0 spiro atoms. The maximum absolute atomic E-state index is 11.9. The number of nitrogens with zero attached hydrogens (tertiary/aromatic N) is 2. The summed E-state index contributed by atoms with van der Waals surface area (Å²) >= 11 is 0. The van der Waals surface area contributed by atoms with Crippen LogP contribution in [-0.2, 0) is 9.53 Å². The highest BCUT2D eigenvalue weighted by Crippen LogP contribution is 2.43. The molecule has 6 heteroatoms. The molecule has 0 bridgehead atoms. The van der Waals surface area contributed by atoms with Crippen LogP contribution in [0.4, 0.5) is 0 Å². The van der Waals surface area contributed by atoms with Crippen molar-refractivity contribution >= 4 is 11.9 Å². The molecule has 0 aromatic carbocycles. The number of ether oxygens (including phenoxy) is 1. The quantitative estimate of drug-likeness (QED) is 0.467. The van der Waals surface area contributed by atoms with E-state index in [1.165, 1.54) is 19.3 Å². The molecule has 25 heavy (non-hydrogen) atoms. The van der Waals surface area contributed by atoms with Gasteiger partial charge >= 0.3 is 0 Å². The number of nitrogens with one attached hydrogen (secondary N) is 2. The molecule has 0 radical (unpaired) electrons. The lowest BCUT2D eigenvalue weighted by Gasteiger charge is -2.42. The summed E-state index contributed by atoms with van der Waals surface area (Å²) in [4.78, 5) is 18.3. The van der Waals surface area contributed by atoms with Gasteiger partial charge in [-0.1, -0.05) is 13.3 Å². The topological polar surface area (TPSA) is 66.0 Å². The largest absolute Gasteiger partial charge is 0.385 e. The molecule has 1 saturated heterocycles. The van der Waals surface area contributed by atoms with Crippen LogP contribution in [0.2, 0.25) is 0 Å². The number of carbonyl (C=O) groups is 1. The van der Waals surface area contributed by atoms with E-state index in [0.29, 0.717) is 17.4 Å². The fourth-order valence-corrected chi connectivity index (χ4v) is 4.00. The Kier molecular flexibility index (Phi) is 8.00. The van der Waals surface area contributed by atoms with Gasteiger partial charge in [0.1, 0.15) is 0 Å². The third kappa shape index (κ3) is 5.59. The second kappa shape index (κ2) is 10.00. The van der Waals surface area contributed by atoms with Gasteiger partial charge in [-0.3, -0.25) is 9.79 Å². The molecule has 2 aliphatic rings. The molecular formula is C19H36N4O2. The number of aliphatic imine (C=N–C) groups is 1. The molecule has 144 valence electrons. The number of guanidine groups is 1. The molecule has 1 heterocycles. The van der Waals surface area contributed by atoms with Crippen molar-refractivity contribution in [1.82, 2.24) is 15.5 Å². The summed E-state index contributed by atoms with van der Waals surface area (Å²) in [7, 11) is 3.59. The second-order valence-corrected chi connectivity index (χ2v) is 7.49. The van der Waals surface area contributed by atoms with Crippen LogP contribution in [0.25, 0.3) is 0 Å². The Morgan fingerprint density at radius 3 is 2.68 bits per heavy atom. The Labute approximate surface area is 152 Å². The van der Waals surface area contributed by atoms with Gasteiger partial charge in [-0.05, 0) is 43.9 Å². The van der Waals surface area contributed by atoms with E-state index in [9.17, 15) is 4.79 Å². The van der Waals surface area contributed by atoms with Gasteiger partial charge in [-0.25, -0.2) is 0 Å². The van der Waals surface area contributed by atoms with Gasteiger partial charge in [0.15, 0.2) is 5.96 Å². The lowest BCUT2D eigenvalue weighted by molar-refractivity contribution is -0.129. The molecule has 1 saturated carbocycles. The summed E-state index contributed by atoms with van der Waals surface area (Å²) in [6.45, 7) is 5.71. The molecule has 1 atom stereocenters. The highest BCUT2D eigenvalue weighted by atomic mass is 16.5. The molecule has 2 fully saturated rings. The van der Waals surface area contributed by atoms with Crippen molar-refractivity contribution in [2.45, 2.75) is 64.3 Å². The maximum Gasteiger partial charge on any atom is 0.222 e. The number of hydrogen-bond donors (Lipinski definition) is 2. The van der Waals surface area contributed by atoms with Crippen LogP contribution in [0.1, 0.15) is 58.3 Å². The SMILES string of the molecule is CCC(CCNC(=NC)NCC1(CCOC)CCC1)N1CCCC1=O. The molecule has 1 amide bonds. The van der Waals surface area contributed by atoms with Crippen molar-refractivity contribution < 1.29 is 9.53 Å². The predicted molar refractivity (Wildman–Crippen MR) is 102 cm³/mol. The molecular weight excluding hydrogens is 316 g/mol. The molecule has 2 rings (SSSR count). The third-order valence-electron chi connectivity index (χ3n) is 5.90. The fraction of sp³-hybridized carbons (Fsp3) is 0.895. The number of amides is 1. The van der Waals surface area contributed by atoms with Gasteiger partial charge in [0.2, 0.25) is 5.91 Å². The van der Waals surface area contributed by atoms with Crippen molar-refractivity contribution in [2.75, 3.05) is 40.4 Å². The van der Waals surface area contributed by atoms with Gasteiger partial charge in [-0.15, -0.1) is 0 Å². The van der Waals surface area contributed by atoms with E-state index in [4.69, 9.17) is 4.74 Å². The first-order valence-electron chi connectivity index (χ1n) is 9.87. The first-order valence-corrected chi connectivity index (χ1v) is 9.87. The summed E-state index contributed by atoms with van der Waals surface area (Å²) in [5.41, 5.74) is 0.377. The number of carbonyl (C=O) groups excluding carboxylic acids is 1. The van der Waals surface area contributed by atoms with Crippen molar-refractivity contribution in [3.63, 3.8) is 0 Å². The van der Waals surface area contributed by atoms with E-state index in [0.717, 1.165) is 64.3 Å². The van der Waals surface area contributed by atoms with Crippen LogP contribution in [0.5, 0.6) is 0 Å². The molecule has 6 nitrogen and oxygen atoms in total. The monoisotopic (exact) mass is 352 g/mol. The minimum atomic E-state index is 0.319. The lowest BCUT2D eigenvalue weighted by Crippen LogP contribution is -2.47. The van der Waals surface area contributed by atoms with E-state index in [1.54, 1.807) is 7.11 Å². The van der Waals surface area contributed by atoms with Crippen LogP contribution < -0.4 is 10.6 Å². The van der Waals surface area contributed by atoms with E-state index >= 15 is 0 Å². The van der Waals surface area contributed by atoms with Gasteiger partial charge in [-0.2, -0.15) is 0 Å². The summed E-state index contributed by atoms with van der Waals surface area (Å²) in [5.74, 6) is 1.19. The first kappa shape index (κ1) is 20.0. The molecule has 0 aromatic rings. The minimum absolute atomic E-state index is 0.319. The zero-order valence-corrected chi connectivity index (χ0v) is 16.3. The smallest absolute Gasteiger partial charge is 0.222 e. The standard InChI is InChI=1S/C19H36N4O2/c1-4-16(23-13-5-7-17(23)24)8-12-21-18(20-2)22-15-19(9-6-10-19)11-14-25-3/h16H,4-15H2,1-3H3,(H2,20,21,22). The van der Waals surface area contributed by atoms with Crippen molar-refractivity contribution in [3.8, 4) is 0 Å². The van der Waals surface area contributed by atoms with Crippen LogP contribution in [-0.4, -0.2) is 63.2 Å². The Morgan fingerprint density at radius 2 is 2.16 bits per heavy atom. The van der Waals surface area contributed by atoms with Gasteiger partial charge in [0, 0.05) is 52.9 Å². The third-order valence-corrected chi connectivity index (χ3v) is 5.90. The van der Waals surface area contributed by atoms with Gasteiger partial charge < -0.3 is 20.3 Å².